The van der Waals surface area contributed by atoms with Crippen LogP contribution in [-0.2, 0) is 4.79 Å². The van der Waals surface area contributed by atoms with Crippen LogP contribution in [0.15, 0.2) is 41.3 Å². The van der Waals surface area contributed by atoms with E-state index in [9.17, 15) is 4.79 Å². The molecule has 0 saturated carbocycles. The van der Waals surface area contributed by atoms with Gasteiger partial charge in [0.2, 0.25) is 0 Å². The Balaban J connectivity index is 1.63. The minimum Gasteiger partial charge on any atom is -0.493 e. The van der Waals surface area contributed by atoms with E-state index in [4.69, 9.17) is 26.4 Å². The molecule has 0 aliphatic carbocycles. The Morgan fingerprint density at radius 2 is 1.90 bits per heavy atom. The summed E-state index contributed by atoms with van der Waals surface area (Å²) >= 11 is 6.28. The number of carbonyl (C=O) groups is 1. The van der Waals surface area contributed by atoms with Crippen LogP contribution in [0.1, 0.15) is 23.1 Å². The lowest BCUT2D eigenvalue weighted by Gasteiger charge is -2.14. The molecular formula is C22H23NO4S2. The highest BCUT2D eigenvalue weighted by Crippen LogP contribution is 2.35. The second-order valence-corrected chi connectivity index (χ2v) is 8.27. The van der Waals surface area contributed by atoms with Gasteiger partial charge in [0.05, 0.1) is 25.2 Å². The number of thioether (sulfide) groups is 1. The number of benzene rings is 2. The van der Waals surface area contributed by atoms with Crippen molar-refractivity contribution in [1.29, 1.82) is 0 Å². The van der Waals surface area contributed by atoms with Crippen LogP contribution in [0, 0.1) is 13.8 Å². The summed E-state index contributed by atoms with van der Waals surface area (Å²) in [5, 5.41) is 2.62. The molecule has 5 nitrogen and oxygen atoms in total. The van der Waals surface area contributed by atoms with Crippen molar-refractivity contribution in [3.63, 3.8) is 0 Å². The summed E-state index contributed by atoms with van der Waals surface area (Å²) in [6.07, 6.45) is 2.48. The maximum atomic E-state index is 12.0. The van der Waals surface area contributed by atoms with E-state index in [2.05, 4.69) is 18.3 Å². The lowest BCUT2D eigenvalue weighted by molar-refractivity contribution is -0.115. The lowest BCUT2D eigenvalue weighted by Crippen LogP contribution is -2.17. The van der Waals surface area contributed by atoms with E-state index in [-0.39, 0.29) is 5.91 Å². The number of aryl methyl sites for hydroxylation is 2. The zero-order valence-corrected chi connectivity index (χ0v) is 18.2. The van der Waals surface area contributed by atoms with Gasteiger partial charge >= 0.3 is 0 Å². The number of rotatable bonds is 8. The average Bonchev–Trinajstić information content (AvgIpc) is 3.00. The Bertz CT molecular complexity index is 956. The Kier molecular flexibility index (Phi) is 7.17. The van der Waals surface area contributed by atoms with Gasteiger partial charge in [0, 0.05) is 12.0 Å². The van der Waals surface area contributed by atoms with Gasteiger partial charge in [-0.1, -0.05) is 53.8 Å². The molecule has 1 aliphatic rings. The van der Waals surface area contributed by atoms with Crippen LogP contribution < -0.4 is 19.5 Å². The predicted molar refractivity (Wildman–Crippen MR) is 121 cm³/mol. The first-order valence-electron chi connectivity index (χ1n) is 9.22. The summed E-state index contributed by atoms with van der Waals surface area (Å²) in [4.78, 5) is 12.5. The lowest BCUT2D eigenvalue weighted by atomic mass is 10.1. The number of carbonyl (C=O) groups excluding carboxylic acids is 1. The molecule has 152 valence electrons. The molecule has 1 aliphatic heterocycles. The molecule has 3 rings (SSSR count). The van der Waals surface area contributed by atoms with Crippen molar-refractivity contribution in [2.24, 2.45) is 0 Å². The second kappa shape index (κ2) is 9.80. The topological polar surface area (TPSA) is 56.8 Å². The molecule has 7 heteroatoms. The van der Waals surface area contributed by atoms with Gasteiger partial charge in [-0.05, 0) is 37.6 Å². The molecule has 29 heavy (non-hydrogen) atoms. The van der Waals surface area contributed by atoms with Crippen molar-refractivity contribution in [1.82, 2.24) is 5.32 Å². The maximum Gasteiger partial charge on any atom is 0.263 e. The van der Waals surface area contributed by atoms with Crippen molar-refractivity contribution in [2.75, 3.05) is 20.3 Å². The largest absolute Gasteiger partial charge is 0.493 e. The molecule has 0 unspecified atom stereocenters. The van der Waals surface area contributed by atoms with Crippen LogP contribution in [0.5, 0.6) is 17.2 Å². The molecule has 0 radical (unpaired) electrons. The van der Waals surface area contributed by atoms with Gasteiger partial charge in [-0.15, -0.1) is 0 Å². The molecule has 0 aromatic heterocycles. The molecule has 0 bridgehead atoms. The molecule has 1 saturated heterocycles. The van der Waals surface area contributed by atoms with Crippen LogP contribution in [0.4, 0.5) is 0 Å². The molecule has 0 atom stereocenters. The van der Waals surface area contributed by atoms with Gasteiger partial charge < -0.3 is 19.5 Å². The first kappa shape index (κ1) is 21.2. The fourth-order valence-corrected chi connectivity index (χ4v) is 3.94. The molecule has 2 aromatic rings. The van der Waals surface area contributed by atoms with Gasteiger partial charge in [0.15, 0.2) is 11.5 Å². The van der Waals surface area contributed by atoms with Crippen molar-refractivity contribution >= 4 is 40.3 Å². The number of thiocarbonyl (C=S) groups is 1. The van der Waals surface area contributed by atoms with Crippen LogP contribution >= 0.6 is 24.0 Å². The third-order valence-electron chi connectivity index (χ3n) is 4.28. The molecule has 1 fully saturated rings. The van der Waals surface area contributed by atoms with Crippen molar-refractivity contribution < 1.29 is 19.0 Å². The van der Waals surface area contributed by atoms with Gasteiger partial charge in [0.1, 0.15) is 10.1 Å². The fraction of sp³-hybridized carbons (Fsp3) is 0.273. The van der Waals surface area contributed by atoms with E-state index in [0.717, 1.165) is 16.9 Å². The summed E-state index contributed by atoms with van der Waals surface area (Å²) in [5.41, 5.74) is 3.10. The number of amides is 1. The second-order valence-electron chi connectivity index (χ2n) is 6.55. The summed E-state index contributed by atoms with van der Waals surface area (Å²) < 4.78 is 17.7. The monoisotopic (exact) mass is 429 g/mol. The maximum absolute atomic E-state index is 12.0. The number of ether oxygens (including phenoxy) is 3. The number of nitrogens with one attached hydrogen (secondary N) is 1. The van der Waals surface area contributed by atoms with Gasteiger partial charge in [-0.3, -0.25) is 4.79 Å². The first-order chi connectivity index (χ1) is 14.0. The zero-order chi connectivity index (χ0) is 20.8. The Morgan fingerprint density at radius 1 is 1.10 bits per heavy atom. The average molecular weight is 430 g/mol. The van der Waals surface area contributed by atoms with E-state index in [1.807, 2.05) is 37.3 Å². The highest BCUT2D eigenvalue weighted by atomic mass is 32.2. The molecule has 1 amide bonds. The summed E-state index contributed by atoms with van der Waals surface area (Å²) in [6.45, 7) is 5.10. The minimum absolute atomic E-state index is 0.198. The normalized spacial score (nSPS) is 14.8. The Morgan fingerprint density at radius 3 is 2.59 bits per heavy atom. The molecule has 1 heterocycles. The summed E-state index contributed by atoms with van der Waals surface area (Å²) in [6, 6.07) is 11.7. The number of methoxy groups -OCH3 is 1. The van der Waals surface area contributed by atoms with Gasteiger partial charge in [-0.2, -0.15) is 0 Å². The van der Waals surface area contributed by atoms with E-state index >= 15 is 0 Å². The quantitative estimate of drug-likeness (QED) is 0.375. The molecule has 0 spiro atoms. The summed E-state index contributed by atoms with van der Waals surface area (Å²) in [7, 11) is 1.59. The molecular weight excluding hydrogens is 406 g/mol. The van der Waals surface area contributed by atoms with Crippen LogP contribution in [0.3, 0.4) is 0 Å². The van der Waals surface area contributed by atoms with E-state index in [0.29, 0.717) is 40.4 Å². The fourth-order valence-electron chi connectivity index (χ4n) is 2.90. The van der Waals surface area contributed by atoms with Crippen molar-refractivity contribution in [3.8, 4) is 17.2 Å². The third-order valence-corrected chi connectivity index (χ3v) is 5.44. The minimum atomic E-state index is -0.198. The summed E-state index contributed by atoms with van der Waals surface area (Å²) in [5.74, 6) is 1.90. The predicted octanol–water partition coefficient (Wildman–Crippen LogP) is 4.65. The Labute approximate surface area is 180 Å². The number of para-hydroxylation sites is 1. The Hall–Kier alpha value is -2.51. The highest BCUT2D eigenvalue weighted by molar-refractivity contribution is 8.26. The van der Waals surface area contributed by atoms with Crippen LogP contribution in [0.2, 0.25) is 0 Å². The van der Waals surface area contributed by atoms with E-state index in [1.54, 1.807) is 13.2 Å². The number of hydrogen-bond donors (Lipinski definition) is 1. The standard InChI is InChI=1S/C22H23NO4S2/c1-14-8-9-17(15(2)12-14)26-10-5-11-27-20-16(6-4-7-18(20)25-3)13-19-21(24)23-22(28)29-19/h4,6-9,12-13H,5,10-11H2,1-3H3,(H,23,24,28)/b19-13-. The highest BCUT2D eigenvalue weighted by Gasteiger charge is 2.23. The van der Waals surface area contributed by atoms with Gasteiger partial charge in [0.25, 0.3) is 5.91 Å². The van der Waals surface area contributed by atoms with E-state index < -0.39 is 0 Å². The van der Waals surface area contributed by atoms with Crippen LogP contribution in [0.25, 0.3) is 6.08 Å². The van der Waals surface area contributed by atoms with E-state index in [1.165, 1.54) is 17.3 Å². The molecule has 2 aromatic carbocycles. The zero-order valence-electron chi connectivity index (χ0n) is 16.6. The smallest absolute Gasteiger partial charge is 0.263 e. The number of hydrogen-bond acceptors (Lipinski definition) is 6. The van der Waals surface area contributed by atoms with Crippen molar-refractivity contribution in [3.05, 3.63) is 58.0 Å². The van der Waals surface area contributed by atoms with Gasteiger partial charge in [-0.25, -0.2) is 0 Å². The molecule has 1 N–H and O–H groups in total. The first-order valence-corrected chi connectivity index (χ1v) is 10.4. The van der Waals surface area contributed by atoms with Crippen molar-refractivity contribution in [2.45, 2.75) is 20.3 Å². The third kappa shape index (κ3) is 5.52. The van der Waals surface area contributed by atoms with Crippen LogP contribution in [-0.4, -0.2) is 30.6 Å². The SMILES string of the molecule is COc1cccc(/C=C2\SC(=S)NC2=O)c1OCCCOc1ccc(C)cc1C.